The van der Waals surface area contributed by atoms with Gasteiger partial charge in [0.15, 0.2) is 0 Å². The molecule has 0 aliphatic rings. The smallest absolute Gasteiger partial charge is 0.338 e. The highest BCUT2D eigenvalue weighted by molar-refractivity contribution is 6.28. The molecule has 54 heavy (non-hydrogen) atoms. The lowest BCUT2D eigenvalue weighted by atomic mass is 10.1. The molecule has 2 heterocycles. The number of urea groups is 1. The van der Waals surface area contributed by atoms with Crippen LogP contribution in [-0.4, -0.2) is 51.1 Å². The highest BCUT2D eigenvalue weighted by Gasteiger charge is 2.17. The number of hydrogen-bond donors (Lipinski definition) is 3. The van der Waals surface area contributed by atoms with E-state index >= 15 is 0 Å². The van der Waals surface area contributed by atoms with E-state index in [0.29, 0.717) is 5.28 Å². The number of fused-ring (bicyclic) bond motifs is 1. The summed E-state index contributed by atoms with van der Waals surface area (Å²) in [5, 5.41) is 14.7. The molecular formula is C39H50ClN7O7. The van der Waals surface area contributed by atoms with Gasteiger partial charge in [0.05, 0.1) is 40.5 Å². The SMILES string of the molecule is CCCCCCCCOC(=O)c1cc(NC(=O)NNc2ccc([N+](=O)[O-])cn2)cc(C(=O)OCCCCCCCC)c1.Cc1nc(Cl)nc2ccccc12. The lowest BCUT2D eigenvalue weighted by Gasteiger charge is -2.12. The zero-order chi connectivity index (χ0) is 39.1. The number of benzene rings is 2. The van der Waals surface area contributed by atoms with Crippen LogP contribution in [-0.2, 0) is 9.47 Å². The van der Waals surface area contributed by atoms with Crippen LogP contribution in [0.1, 0.15) is 117 Å². The number of unbranched alkanes of at least 4 members (excludes halogenated alkanes) is 10. The van der Waals surface area contributed by atoms with Crippen LogP contribution in [0.5, 0.6) is 0 Å². The van der Waals surface area contributed by atoms with Gasteiger partial charge in [0.25, 0.3) is 5.69 Å². The molecule has 3 N–H and O–H groups in total. The van der Waals surface area contributed by atoms with E-state index in [1.165, 1.54) is 43.2 Å². The molecule has 0 saturated heterocycles. The van der Waals surface area contributed by atoms with Gasteiger partial charge in [-0.2, -0.15) is 0 Å². The lowest BCUT2D eigenvalue weighted by Crippen LogP contribution is -2.34. The van der Waals surface area contributed by atoms with Crippen LogP contribution in [0.3, 0.4) is 0 Å². The first-order valence-corrected chi connectivity index (χ1v) is 18.8. The molecule has 14 nitrogen and oxygen atoms in total. The molecule has 0 spiro atoms. The minimum absolute atomic E-state index is 0.107. The maximum absolute atomic E-state index is 12.8. The first-order chi connectivity index (χ1) is 26.1. The van der Waals surface area contributed by atoms with Crippen LogP contribution in [0.15, 0.2) is 60.8 Å². The Hall–Kier alpha value is -5.37. The van der Waals surface area contributed by atoms with Crippen molar-refractivity contribution in [3.63, 3.8) is 0 Å². The van der Waals surface area contributed by atoms with Crippen LogP contribution >= 0.6 is 11.6 Å². The first-order valence-electron chi connectivity index (χ1n) is 18.4. The molecule has 15 heteroatoms. The standard InChI is InChI=1S/C30H43N5O7.C9H7ClN2/c1-3-5-7-9-11-13-17-41-28(36)23-19-24(29(37)42-18-14-12-10-8-6-4-2)21-25(20-23)32-30(38)34-33-27-16-15-26(22-31-27)35(39)40;1-6-7-4-2-3-5-8(7)12-9(10)11-6/h15-16,19-22H,3-14,17-18H2,1-2H3,(H,31,33)(H2,32,34,38);2-5H,1H3. The van der Waals surface area contributed by atoms with Crippen molar-refractivity contribution in [1.82, 2.24) is 20.4 Å². The fourth-order valence-electron chi connectivity index (χ4n) is 5.25. The van der Waals surface area contributed by atoms with E-state index in [2.05, 4.69) is 45.0 Å². The van der Waals surface area contributed by atoms with Crippen LogP contribution in [0.25, 0.3) is 10.9 Å². The predicted octanol–water partition coefficient (Wildman–Crippen LogP) is 9.76. The number of carbonyl (C=O) groups is 3. The maximum atomic E-state index is 12.8. The number of halogens is 1. The molecule has 4 rings (SSSR count). The molecule has 0 bridgehead atoms. The summed E-state index contributed by atoms with van der Waals surface area (Å²) in [5.41, 5.74) is 6.90. The zero-order valence-electron chi connectivity index (χ0n) is 31.2. The molecule has 0 fully saturated rings. The monoisotopic (exact) mass is 763 g/mol. The molecule has 0 saturated carbocycles. The predicted molar refractivity (Wildman–Crippen MR) is 210 cm³/mol. The van der Waals surface area contributed by atoms with Gasteiger partial charge in [-0.15, -0.1) is 0 Å². The number of aromatic nitrogens is 3. The molecule has 4 aromatic rings. The van der Waals surface area contributed by atoms with Crippen molar-refractivity contribution in [2.24, 2.45) is 0 Å². The summed E-state index contributed by atoms with van der Waals surface area (Å²) in [7, 11) is 0. The number of hydrogen-bond acceptors (Lipinski definition) is 11. The molecule has 0 atom stereocenters. The second kappa shape index (κ2) is 24.0. The molecular weight excluding hydrogens is 714 g/mol. The summed E-state index contributed by atoms with van der Waals surface area (Å²) in [6.07, 6.45) is 13.6. The number of para-hydroxylation sites is 1. The van der Waals surface area contributed by atoms with Crippen molar-refractivity contribution in [3.05, 3.63) is 93.0 Å². The summed E-state index contributed by atoms with van der Waals surface area (Å²) in [6.45, 7) is 6.75. The Kier molecular flexibility index (Phi) is 19.2. The largest absolute Gasteiger partial charge is 0.462 e. The van der Waals surface area contributed by atoms with Crippen molar-refractivity contribution in [2.45, 2.75) is 97.8 Å². The number of amides is 2. The van der Waals surface area contributed by atoms with Crippen molar-refractivity contribution in [3.8, 4) is 0 Å². The highest BCUT2D eigenvalue weighted by Crippen LogP contribution is 2.19. The number of ether oxygens (including phenoxy) is 2. The summed E-state index contributed by atoms with van der Waals surface area (Å²) in [6, 6.07) is 13.9. The van der Waals surface area contributed by atoms with Gasteiger partial charge < -0.3 is 14.8 Å². The third kappa shape index (κ3) is 15.7. The van der Waals surface area contributed by atoms with Gasteiger partial charge in [-0.1, -0.05) is 96.3 Å². The molecule has 2 aromatic heterocycles. The Morgan fingerprint density at radius 3 is 1.91 bits per heavy atom. The Morgan fingerprint density at radius 2 is 1.35 bits per heavy atom. The molecule has 0 aliphatic carbocycles. The van der Waals surface area contributed by atoms with Crippen molar-refractivity contribution in [1.29, 1.82) is 0 Å². The average molecular weight is 764 g/mol. The molecule has 2 amide bonds. The number of nitro groups is 1. The molecule has 0 unspecified atom stereocenters. The highest BCUT2D eigenvalue weighted by atomic mass is 35.5. The van der Waals surface area contributed by atoms with Gasteiger partial charge in [-0.05, 0) is 61.7 Å². The van der Waals surface area contributed by atoms with Gasteiger partial charge in [0.1, 0.15) is 12.0 Å². The second-order valence-electron chi connectivity index (χ2n) is 12.6. The summed E-state index contributed by atoms with van der Waals surface area (Å²) in [4.78, 5) is 60.3. The quantitative estimate of drug-likeness (QED) is 0.0256. The molecule has 0 aliphatic heterocycles. The Balaban J connectivity index is 0.000000545. The van der Waals surface area contributed by atoms with Crippen LogP contribution in [0.2, 0.25) is 5.28 Å². The number of anilines is 2. The number of rotatable bonds is 20. The average Bonchev–Trinajstić information content (AvgIpc) is 3.16. The normalized spacial score (nSPS) is 10.5. The maximum Gasteiger partial charge on any atom is 0.338 e. The lowest BCUT2D eigenvalue weighted by molar-refractivity contribution is -0.385. The second-order valence-corrected chi connectivity index (χ2v) is 12.9. The third-order valence-corrected chi connectivity index (χ3v) is 8.32. The minimum atomic E-state index is -0.723. The van der Waals surface area contributed by atoms with E-state index in [1.807, 2.05) is 31.2 Å². The Bertz CT molecular complexity index is 1760. The van der Waals surface area contributed by atoms with E-state index in [0.717, 1.165) is 87.0 Å². The summed E-state index contributed by atoms with van der Waals surface area (Å²) < 4.78 is 10.8. The zero-order valence-corrected chi connectivity index (χ0v) is 32.0. The third-order valence-electron chi connectivity index (χ3n) is 8.15. The van der Waals surface area contributed by atoms with Crippen molar-refractivity contribution >= 4 is 57.7 Å². The van der Waals surface area contributed by atoms with Crippen LogP contribution < -0.4 is 16.2 Å². The fourth-order valence-corrected chi connectivity index (χ4v) is 5.47. The van der Waals surface area contributed by atoms with E-state index in [4.69, 9.17) is 21.1 Å². The van der Waals surface area contributed by atoms with Crippen molar-refractivity contribution < 1.29 is 28.8 Å². The van der Waals surface area contributed by atoms with Crippen molar-refractivity contribution in [2.75, 3.05) is 24.0 Å². The van der Waals surface area contributed by atoms with E-state index in [1.54, 1.807) is 0 Å². The fraction of sp³-hybridized carbons (Fsp3) is 0.436. The molecule has 290 valence electrons. The summed E-state index contributed by atoms with van der Waals surface area (Å²) >= 11 is 5.70. The number of aryl methyl sites for hydroxylation is 1. The number of pyridine rings is 1. The number of carbonyl (C=O) groups excluding carboxylic acids is 3. The van der Waals surface area contributed by atoms with E-state index in [-0.39, 0.29) is 41.5 Å². The van der Waals surface area contributed by atoms with Gasteiger partial charge in [-0.25, -0.2) is 29.3 Å². The number of hydrazine groups is 1. The molecule has 2 aromatic carbocycles. The van der Waals surface area contributed by atoms with Gasteiger partial charge >= 0.3 is 18.0 Å². The number of nitrogens with zero attached hydrogens (tertiary/aromatic N) is 4. The minimum Gasteiger partial charge on any atom is -0.462 e. The number of nitrogens with one attached hydrogen (secondary N) is 3. The van der Waals surface area contributed by atoms with Crippen LogP contribution in [0.4, 0.5) is 22.0 Å². The van der Waals surface area contributed by atoms with Crippen LogP contribution in [0, 0.1) is 17.0 Å². The number of esters is 2. The van der Waals surface area contributed by atoms with Gasteiger partial charge in [0.2, 0.25) is 5.28 Å². The van der Waals surface area contributed by atoms with E-state index < -0.39 is 22.9 Å². The Morgan fingerprint density at radius 1 is 0.778 bits per heavy atom. The van der Waals surface area contributed by atoms with Gasteiger partial charge in [0, 0.05) is 17.1 Å². The summed E-state index contributed by atoms with van der Waals surface area (Å²) in [5.74, 6) is -1.04. The van der Waals surface area contributed by atoms with Gasteiger partial charge in [-0.3, -0.25) is 21.0 Å². The molecule has 0 radical (unpaired) electrons. The first kappa shape index (κ1) is 43.0. The Labute approximate surface area is 320 Å². The topological polar surface area (TPSA) is 188 Å². The van der Waals surface area contributed by atoms with E-state index in [9.17, 15) is 24.5 Å².